The number of nitrogens with one attached hydrogen (secondary N) is 1. The summed E-state index contributed by atoms with van der Waals surface area (Å²) in [6.07, 6.45) is 1.76. The third-order valence-electron chi connectivity index (χ3n) is 3.57. The molecule has 2 aliphatic heterocycles. The minimum absolute atomic E-state index is 0.0689. The van der Waals surface area contributed by atoms with Crippen molar-refractivity contribution < 1.29 is 14.3 Å². The van der Waals surface area contributed by atoms with Gasteiger partial charge in [0.2, 0.25) is 0 Å². The Hall–Kier alpha value is -0.810. The molecule has 0 aliphatic carbocycles. The fourth-order valence-electron chi connectivity index (χ4n) is 2.85. The second kappa shape index (κ2) is 5.29. The van der Waals surface area contributed by atoms with Gasteiger partial charge in [-0.2, -0.15) is 0 Å². The lowest BCUT2D eigenvalue weighted by Gasteiger charge is -2.47. The maximum absolute atomic E-state index is 12.2. The monoisotopic (exact) mass is 270 g/mol. The third-order valence-corrected chi connectivity index (χ3v) is 3.57. The van der Waals surface area contributed by atoms with Gasteiger partial charge in [0, 0.05) is 0 Å². The molecule has 2 heterocycles. The quantitative estimate of drug-likeness (QED) is 0.729. The summed E-state index contributed by atoms with van der Waals surface area (Å²) in [5.74, 6) is 0. The van der Waals surface area contributed by atoms with Crippen LogP contribution in [0.5, 0.6) is 0 Å². The van der Waals surface area contributed by atoms with Crippen LogP contribution in [0.2, 0.25) is 0 Å². The SMILES string of the molecule is CC1CN(C(=O)OC(C)(C)C)CC2(CCNCC2)O1. The molecule has 0 aromatic rings. The molecule has 5 heteroatoms. The molecule has 1 atom stereocenters. The molecule has 0 radical (unpaired) electrons. The highest BCUT2D eigenvalue weighted by Crippen LogP contribution is 2.30. The lowest BCUT2D eigenvalue weighted by molar-refractivity contribution is -0.157. The molecule has 1 amide bonds. The molecule has 110 valence electrons. The topological polar surface area (TPSA) is 50.8 Å². The van der Waals surface area contributed by atoms with Crippen LogP contribution in [0.3, 0.4) is 0 Å². The van der Waals surface area contributed by atoms with Gasteiger partial charge in [-0.1, -0.05) is 0 Å². The van der Waals surface area contributed by atoms with Gasteiger partial charge in [-0.15, -0.1) is 0 Å². The maximum atomic E-state index is 12.2. The number of piperidine rings is 1. The molecular weight excluding hydrogens is 244 g/mol. The van der Waals surface area contributed by atoms with Gasteiger partial charge in [0.25, 0.3) is 0 Å². The van der Waals surface area contributed by atoms with Crippen LogP contribution >= 0.6 is 0 Å². The van der Waals surface area contributed by atoms with Crippen LogP contribution in [0.15, 0.2) is 0 Å². The number of amides is 1. The maximum Gasteiger partial charge on any atom is 0.410 e. The summed E-state index contributed by atoms with van der Waals surface area (Å²) >= 11 is 0. The van der Waals surface area contributed by atoms with Gasteiger partial charge < -0.3 is 19.7 Å². The van der Waals surface area contributed by atoms with Crippen LogP contribution in [0, 0.1) is 0 Å². The van der Waals surface area contributed by atoms with E-state index in [-0.39, 0.29) is 17.8 Å². The van der Waals surface area contributed by atoms with Gasteiger partial charge in [-0.3, -0.25) is 0 Å². The molecule has 19 heavy (non-hydrogen) atoms. The molecule has 0 aromatic heterocycles. The zero-order valence-corrected chi connectivity index (χ0v) is 12.5. The molecule has 0 aromatic carbocycles. The average Bonchev–Trinajstić information content (AvgIpc) is 2.26. The van der Waals surface area contributed by atoms with Crippen LogP contribution in [0.4, 0.5) is 4.79 Å². The fraction of sp³-hybridized carbons (Fsp3) is 0.929. The summed E-state index contributed by atoms with van der Waals surface area (Å²) in [5, 5.41) is 3.34. The Morgan fingerprint density at radius 3 is 2.58 bits per heavy atom. The first-order chi connectivity index (χ1) is 8.80. The first-order valence-electron chi connectivity index (χ1n) is 7.16. The molecule has 1 spiro atoms. The van der Waals surface area contributed by atoms with Crippen molar-refractivity contribution in [3.63, 3.8) is 0 Å². The Bertz CT molecular complexity index is 332. The van der Waals surface area contributed by atoms with Crippen molar-refractivity contribution in [1.82, 2.24) is 10.2 Å². The summed E-state index contributed by atoms with van der Waals surface area (Å²) in [5.41, 5.74) is -0.625. The smallest absolute Gasteiger partial charge is 0.410 e. The first kappa shape index (κ1) is 14.6. The van der Waals surface area contributed by atoms with E-state index in [0.29, 0.717) is 13.1 Å². The number of ether oxygens (including phenoxy) is 2. The lowest BCUT2D eigenvalue weighted by Crippen LogP contribution is -2.60. The van der Waals surface area contributed by atoms with Gasteiger partial charge in [0.05, 0.1) is 24.8 Å². The highest BCUT2D eigenvalue weighted by atomic mass is 16.6. The number of carbonyl (C=O) groups excluding carboxylic acids is 1. The van der Waals surface area contributed by atoms with Gasteiger partial charge >= 0.3 is 6.09 Å². The number of hydrogen-bond donors (Lipinski definition) is 1. The number of morpholine rings is 1. The molecule has 0 bridgehead atoms. The minimum Gasteiger partial charge on any atom is -0.444 e. The molecule has 2 saturated heterocycles. The zero-order valence-electron chi connectivity index (χ0n) is 12.5. The Balaban J connectivity index is 2.03. The van der Waals surface area contributed by atoms with Crippen LogP contribution in [0.1, 0.15) is 40.5 Å². The highest BCUT2D eigenvalue weighted by Gasteiger charge is 2.42. The molecular formula is C14H26N2O3. The summed E-state index contributed by atoms with van der Waals surface area (Å²) < 4.78 is 11.6. The van der Waals surface area contributed by atoms with E-state index in [9.17, 15) is 4.79 Å². The minimum atomic E-state index is -0.445. The van der Waals surface area contributed by atoms with Crippen molar-refractivity contribution >= 4 is 6.09 Å². The number of rotatable bonds is 0. The summed E-state index contributed by atoms with van der Waals surface area (Å²) in [7, 11) is 0. The van der Waals surface area contributed by atoms with Crippen LogP contribution in [0.25, 0.3) is 0 Å². The predicted octanol–water partition coefficient (Wildman–Crippen LogP) is 1.76. The third kappa shape index (κ3) is 3.83. The van der Waals surface area contributed by atoms with Crippen LogP contribution < -0.4 is 5.32 Å². The normalized spacial score (nSPS) is 27.4. The molecule has 1 unspecified atom stereocenters. The summed E-state index contributed by atoms with van der Waals surface area (Å²) in [6.45, 7) is 10.9. The average molecular weight is 270 g/mol. The van der Waals surface area contributed by atoms with Gasteiger partial charge in [-0.25, -0.2) is 4.79 Å². The van der Waals surface area contributed by atoms with Crippen molar-refractivity contribution in [3.8, 4) is 0 Å². The lowest BCUT2D eigenvalue weighted by atomic mass is 9.89. The largest absolute Gasteiger partial charge is 0.444 e. The second-order valence-corrected chi connectivity index (χ2v) is 6.72. The van der Waals surface area contributed by atoms with Gasteiger partial charge in [0.1, 0.15) is 5.60 Å². The van der Waals surface area contributed by atoms with Crippen molar-refractivity contribution in [2.24, 2.45) is 0 Å². The molecule has 0 saturated carbocycles. The van der Waals surface area contributed by atoms with Crippen molar-refractivity contribution in [2.45, 2.75) is 57.8 Å². The van der Waals surface area contributed by atoms with E-state index >= 15 is 0 Å². The van der Waals surface area contributed by atoms with E-state index in [4.69, 9.17) is 9.47 Å². The van der Waals surface area contributed by atoms with Crippen molar-refractivity contribution in [1.29, 1.82) is 0 Å². The van der Waals surface area contributed by atoms with Crippen LogP contribution in [-0.2, 0) is 9.47 Å². The van der Waals surface area contributed by atoms with Crippen molar-refractivity contribution in [2.75, 3.05) is 26.2 Å². The Morgan fingerprint density at radius 1 is 1.37 bits per heavy atom. The summed E-state index contributed by atoms with van der Waals surface area (Å²) in [4.78, 5) is 14.0. The number of nitrogens with zero attached hydrogens (tertiary/aromatic N) is 1. The second-order valence-electron chi connectivity index (χ2n) is 6.72. The van der Waals surface area contributed by atoms with E-state index in [1.54, 1.807) is 0 Å². The van der Waals surface area contributed by atoms with E-state index in [2.05, 4.69) is 5.32 Å². The first-order valence-corrected chi connectivity index (χ1v) is 7.16. The van der Waals surface area contributed by atoms with Gasteiger partial charge in [-0.05, 0) is 53.6 Å². The Labute approximate surface area is 115 Å². The van der Waals surface area contributed by atoms with Crippen LogP contribution in [-0.4, -0.2) is 54.5 Å². The highest BCUT2D eigenvalue weighted by molar-refractivity contribution is 5.68. The van der Waals surface area contributed by atoms with Gasteiger partial charge in [0.15, 0.2) is 0 Å². The molecule has 1 N–H and O–H groups in total. The van der Waals surface area contributed by atoms with E-state index in [1.165, 1.54) is 0 Å². The number of carbonyl (C=O) groups is 1. The number of hydrogen-bond acceptors (Lipinski definition) is 4. The molecule has 2 fully saturated rings. The standard InChI is InChI=1S/C14H26N2O3/c1-11-9-16(12(17)19-13(2,3)4)10-14(18-11)5-7-15-8-6-14/h11,15H,5-10H2,1-4H3. The summed E-state index contributed by atoms with van der Waals surface area (Å²) in [6, 6.07) is 0. The van der Waals surface area contributed by atoms with E-state index < -0.39 is 5.60 Å². The van der Waals surface area contributed by atoms with E-state index in [0.717, 1.165) is 25.9 Å². The molecule has 2 rings (SSSR count). The molecule has 2 aliphatic rings. The fourth-order valence-corrected chi connectivity index (χ4v) is 2.85. The Kier molecular flexibility index (Phi) is 4.06. The zero-order chi connectivity index (χ0) is 14.1. The van der Waals surface area contributed by atoms with E-state index in [1.807, 2.05) is 32.6 Å². The Morgan fingerprint density at radius 2 is 2.00 bits per heavy atom. The van der Waals surface area contributed by atoms with Crippen molar-refractivity contribution in [3.05, 3.63) is 0 Å². The molecule has 5 nitrogen and oxygen atoms in total. The predicted molar refractivity (Wildman–Crippen MR) is 73.2 cm³/mol.